The van der Waals surface area contributed by atoms with Crippen molar-refractivity contribution in [3.8, 4) is 0 Å². The van der Waals surface area contributed by atoms with Crippen LogP contribution < -0.4 is 4.72 Å². The highest BCUT2D eigenvalue weighted by atomic mass is 32.2. The lowest BCUT2D eigenvalue weighted by atomic mass is 10.3. The first-order chi connectivity index (χ1) is 9.15. The van der Waals surface area contributed by atoms with Gasteiger partial charge < -0.3 is 4.98 Å². The van der Waals surface area contributed by atoms with Crippen molar-refractivity contribution in [1.82, 2.24) is 9.97 Å². The summed E-state index contributed by atoms with van der Waals surface area (Å²) in [5.74, 6) is 0.291. The average Bonchev–Trinajstić information content (AvgIpc) is 2.87. The van der Waals surface area contributed by atoms with Crippen LogP contribution in [-0.4, -0.2) is 18.4 Å². The van der Waals surface area contributed by atoms with Crippen molar-refractivity contribution in [2.75, 3.05) is 4.72 Å². The number of nitrogens with one attached hydrogen (secondary N) is 2. The lowest BCUT2D eigenvalue weighted by molar-refractivity contribution is 0.601. The maximum atomic E-state index is 12.1. The Morgan fingerprint density at radius 1 is 1.00 bits per heavy atom. The first-order valence-electron chi connectivity index (χ1n) is 5.67. The Labute approximate surface area is 110 Å². The quantitative estimate of drug-likeness (QED) is 0.769. The van der Waals surface area contributed by atoms with E-state index < -0.39 is 10.0 Å². The van der Waals surface area contributed by atoms with Crippen LogP contribution >= 0.6 is 0 Å². The molecule has 0 unspecified atom stereocenters. The molecular formula is C13H11N3O2S. The van der Waals surface area contributed by atoms with Crippen molar-refractivity contribution in [2.45, 2.75) is 4.90 Å². The Balaban J connectivity index is 1.96. The molecule has 2 aromatic heterocycles. The average molecular weight is 273 g/mol. The summed E-state index contributed by atoms with van der Waals surface area (Å²) in [5, 5.41) is 0.933. The minimum absolute atomic E-state index is 0.211. The number of fused-ring (bicyclic) bond motifs is 1. The molecule has 0 aliphatic rings. The van der Waals surface area contributed by atoms with Crippen molar-refractivity contribution >= 4 is 26.9 Å². The molecule has 0 saturated carbocycles. The standard InChI is InChI=1S/C13H11N3O2S/c17-19(18,11-4-2-1-3-5-11)16-12-7-6-10-8-9-14-13(10)15-12/h1-9H,(H2,14,15,16). The zero-order valence-electron chi connectivity index (χ0n) is 9.87. The first-order valence-corrected chi connectivity index (χ1v) is 7.15. The Morgan fingerprint density at radius 2 is 1.79 bits per heavy atom. The van der Waals surface area contributed by atoms with Gasteiger partial charge in [0.25, 0.3) is 10.0 Å². The van der Waals surface area contributed by atoms with Gasteiger partial charge in [-0.1, -0.05) is 18.2 Å². The molecule has 0 atom stereocenters. The molecule has 2 heterocycles. The molecule has 0 saturated heterocycles. The molecule has 19 heavy (non-hydrogen) atoms. The molecule has 3 aromatic rings. The van der Waals surface area contributed by atoms with E-state index in [-0.39, 0.29) is 4.90 Å². The number of pyridine rings is 1. The molecule has 3 rings (SSSR count). The van der Waals surface area contributed by atoms with E-state index in [1.54, 1.807) is 30.5 Å². The molecule has 0 radical (unpaired) electrons. The van der Waals surface area contributed by atoms with Crippen molar-refractivity contribution in [2.24, 2.45) is 0 Å². The predicted octanol–water partition coefficient (Wildman–Crippen LogP) is 2.36. The Kier molecular flexibility index (Phi) is 2.72. The van der Waals surface area contributed by atoms with E-state index in [0.29, 0.717) is 11.5 Å². The summed E-state index contributed by atoms with van der Waals surface area (Å²) in [5.41, 5.74) is 0.647. The third-order valence-electron chi connectivity index (χ3n) is 2.70. The fraction of sp³-hybridized carbons (Fsp3) is 0. The van der Waals surface area contributed by atoms with Crippen molar-refractivity contribution in [3.63, 3.8) is 0 Å². The van der Waals surface area contributed by atoms with E-state index in [4.69, 9.17) is 0 Å². The fourth-order valence-corrected chi connectivity index (χ4v) is 2.81. The van der Waals surface area contributed by atoms with Gasteiger partial charge in [0.2, 0.25) is 0 Å². The van der Waals surface area contributed by atoms with Gasteiger partial charge in [0.1, 0.15) is 11.5 Å². The van der Waals surface area contributed by atoms with Gasteiger partial charge >= 0.3 is 0 Å². The summed E-state index contributed by atoms with van der Waals surface area (Å²) >= 11 is 0. The minimum atomic E-state index is -3.59. The molecule has 6 heteroatoms. The highest BCUT2D eigenvalue weighted by molar-refractivity contribution is 7.92. The Morgan fingerprint density at radius 3 is 2.58 bits per heavy atom. The summed E-state index contributed by atoms with van der Waals surface area (Å²) in [4.78, 5) is 7.35. The van der Waals surface area contributed by atoms with Gasteiger partial charge in [0, 0.05) is 11.6 Å². The van der Waals surface area contributed by atoms with E-state index in [9.17, 15) is 8.42 Å². The van der Waals surface area contributed by atoms with Gasteiger partial charge in [-0.3, -0.25) is 4.72 Å². The normalized spacial score (nSPS) is 11.6. The van der Waals surface area contributed by atoms with Crippen LogP contribution in [-0.2, 0) is 10.0 Å². The van der Waals surface area contributed by atoms with Crippen LogP contribution in [0.3, 0.4) is 0 Å². The second-order valence-corrected chi connectivity index (χ2v) is 5.71. The van der Waals surface area contributed by atoms with Crippen LogP contribution in [0.15, 0.2) is 59.6 Å². The third-order valence-corrected chi connectivity index (χ3v) is 4.07. The van der Waals surface area contributed by atoms with Gasteiger partial charge in [0.15, 0.2) is 0 Å². The van der Waals surface area contributed by atoms with Crippen LogP contribution in [0.2, 0.25) is 0 Å². The number of hydrogen-bond donors (Lipinski definition) is 2. The van der Waals surface area contributed by atoms with E-state index in [0.717, 1.165) is 5.39 Å². The number of sulfonamides is 1. The number of hydrogen-bond acceptors (Lipinski definition) is 3. The van der Waals surface area contributed by atoms with E-state index in [1.165, 1.54) is 12.1 Å². The molecule has 0 aliphatic carbocycles. The summed E-state index contributed by atoms with van der Waals surface area (Å²) < 4.78 is 26.7. The Bertz CT molecular complexity index is 810. The molecule has 0 aliphatic heterocycles. The molecule has 96 valence electrons. The van der Waals surface area contributed by atoms with E-state index in [2.05, 4.69) is 14.7 Å². The van der Waals surface area contributed by atoms with Gasteiger partial charge in [-0.25, -0.2) is 13.4 Å². The molecule has 2 N–H and O–H groups in total. The number of aromatic amines is 1. The second kappa shape index (κ2) is 4.40. The van der Waals surface area contributed by atoms with Gasteiger partial charge in [-0.2, -0.15) is 0 Å². The SMILES string of the molecule is O=S(=O)(Nc1ccc2cc[nH]c2n1)c1ccccc1. The zero-order valence-corrected chi connectivity index (χ0v) is 10.7. The van der Waals surface area contributed by atoms with Crippen LogP contribution in [0.25, 0.3) is 11.0 Å². The fourth-order valence-electron chi connectivity index (χ4n) is 1.78. The second-order valence-electron chi connectivity index (χ2n) is 4.03. The van der Waals surface area contributed by atoms with Crippen molar-refractivity contribution in [1.29, 1.82) is 0 Å². The zero-order chi connectivity index (χ0) is 13.3. The van der Waals surface area contributed by atoms with Crippen LogP contribution in [0, 0.1) is 0 Å². The summed E-state index contributed by atoms with van der Waals surface area (Å²) in [6.07, 6.45) is 1.76. The number of anilines is 1. The maximum Gasteiger partial charge on any atom is 0.263 e. The van der Waals surface area contributed by atoms with Gasteiger partial charge in [0.05, 0.1) is 4.90 Å². The predicted molar refractivity (Wildman–Crippen MR) is 73.3 cm³/mol. The lowest BCUT2D eigenvalue weighted by Crippen LogP contribution is -2.13. The summed E-state index contributed by atoms with van der Waals surface area (Å²) in [6, 6.07) is 13.5. The van der Waals surface area contributed by atoms with Gasteiger partial charge in [-0.15, -0.1) is 0 Å². The third kappa shape index (κ3) is 2.30. The number of H-pyrrole nitrogens is 1. The largest absolute Gasteiger partial charge is 0.346 e. The smallest absolute Gasteiger partial charge is 0.263 e. The van der Waals surface area contributed by atoms with Crippen molar-refractivity contribution in [3.05, 3.63) is 54.7 Å². The molecule has 1 aromatic carbocycles. The molecule has 0 fully saturated rings. The number of rotatable bonds is 3. The molecular weight excluding hydrogens is 262 g/mol. The number of benzene rings is 1. The van der Waals surface area contributed by atoms with Crippen LogP contribution in [0.4, 0.5) is 5.82 Å². The Hall–Kier alpha value is -2.34. The number of nitrogens with zero attached hydrogens (tertiary/aromatic N) is 1. The molecule has 5 nitrogen and oxygen atoms in total. The van der Waals surface area contributed by atoms with E-state index in [1.807, 2.05) is 12.1 Å². The molecule has 0 spiro atoms. The molecule has 0 amide bonds. The summed E-state index contributed by atoms with van der Waals surface area (Å²) in [6.45, 7) is 0. The topological polar surface area (TPSA) is 74.8 Å². The summed E-state index contributed by atoms with van der Waals surface area (Å²) in [7, 11) is -3.59. The first kappa shape index (κ1) is 11.7. The highest BCUT2D eigenvalue weighted by Crippen LogP contribution is 2.17. The number of aromatic nitrogens is 2. The monoisotopic (exact) mass is 273 g/mol. The van der Waals surface area contributed by atoms with E-state index >= 15 is 0 Å². The lowest BCUT2D eigenvalue weighted by Gasteiger charge is -2.06. The van der Waals surface area contributed by atoms with Crippen LogP contribution in [0.5, 0.6) is 0 Å². The highest BCUT2D eigenvalue weighted by Gasteiger charge is 2.14. The molecule has 0 bridgehead atoms. The minimum Gasteiger partial charge on any atom is -0.346 e. The maximum absolute atomic E-state index is 12.1. The van der Waals surface area contributed by atoms with Crippen LogP contribution in [0.1, 0.15) is 0 Å². The van der Waals surface area contributed by atoms with Crippen molar-refractivity contribution < 1.29 is 8.42 Å². The van der Waals surface area contributed by atoms with Gasteiger partial charge in [-0.05, 0) is 30.3 Å².